The van der Waals surface area contributed by atoms with E-state index in [-0.39, 0.29) is 17.7 Å². The van der Waals surface area contributed by atoms with Gasteiger partial charge in [0.05, 0.1) is 11.0 Å². The van der Waals surface area contributed by atoms with Crippen LogP contribution in [0.3, 0.4) is 0 Å². The Balaban J connectivity index is 2.31. The number of aromatic nitrogens is 2. The minimum Gasteiger partial charge on any atom is -0.349 e. The van der Waals surface area contributed by atoms with Gasteiger partial charge >= 0.3 is 11.2 Å². The molecule has 0 aliphatic heterocycles. The van der Waals surface area contributed by atoms with Crippen LogP contribution in [0.2, 0.25) is 0 Å². The molecule has 0 radical (unpaired) electrons. The molecule has 1 heterocycles. The van der Waals surface area contributed by atoms with Crippen molar-refractivity contribution in [2.75, 3.05) is 5.32 Å². The van der Waals surface area contributed by atoms with Crippen LogP contribution in [0.25, 0.3) is 0 Å². The smallest absolute Gasteiger partial charge is 0.349 e. The molecule has 1 aromatic carbocycles. The third kappa shape index (κ3) is 3.25. The van der Waals surface area contributed by atoms with Gasteiger partial charge in [0.2, 0.25) is 5.95 Å². The minimum atomic E-state index is -0.752. The van der Waals surface area contributed by atoms with Crippen molar-refractivity contribution in [1.82, 2.24) is 9.97 Å². The van der Waals surface area contributed by atoms with E-state index in [9.17, 15) is 14.9 Å². The number of aromatic amines is 1. The summed E-state index contributed by atoms with van der Waals surface area (Å²) in [7, 11) is 0. The molecule has 110 valence electrons. The first-order valence-electron chi connectivity index (χ1n) is 6.59. The highest BCUT2D eigenvalue weighted by molar-refractivity contribution is 5.39. The van der Waals surface area contributed by atoms with Crippen molar-refractivity contribution in [2.45, 2.75) is 26.3 Å². The van der Waals surface area contributed by atoms with E-state index in [2.05, 4.69) is 15.3 Å². The van der Waals surface area contributed by atoms with Crippen molar-refractivity contribution in [2.24, 2.45) is 0 Å². The summed E-state index contributed by atoms with van der Waals surface area (Å²) in [6.45, 7) is 3.45. The van der Waals surface area contributed by atoms with Crippen molar-refractivity contribution >= 4 is 11.6 Å². The van der Waals surface area contributed by atoms with Gasteiger partial charge in [-0.1, -0.05) is 37.3 Å². The molecule has 2 aromatic rings. The Morgan fingerprint density at radius 3 is 2.57 bits per heavy atom. The summed E-state index contributed by atoms with van der Waals surface area (Å²) in [5.74, 6) is 0.235. The quantitative estimate of drug-likeness (QED) is 0.650. The SMILES string of the molecule is CCC(Nc1nc(C)c([N+](=O)[O-])c(=O)[nH]1)c1ccccc1. The Morgan fingerprint density at radius 2 is 2.05 bits per heavy atom. The molecule has 0 bridgehead atoms. The molecule has 0 amide bonds. The fourth-order valence-electron chi connectivity index (χ4n) is 2.13. The molecule has 1 aromatic heterocycles. The molecular weight excluding hydrogens is 272 g/mol. The molecule has 1 atom stereocenters. The molecular formula is C14H16N4O3. The number of anilines is 1. The first kappa shape index (κ1) is 14.7. The average Bonchev–Trinajstić information content (AvgIpc) is 2.44. The number of benzene rings is 1. The van der Waals surface area contributed by atoms with E-state index >= 15 is 0 Å². The van der Waals surface area contributed by atoms with Crippen molar-refractivity contribution in [3.05, 3.63) is 62.1 Å². The van der Waals surface area contributed by atoms with Crippen LogP contribution in [0.1, 0.15) is 30.6 Å². The van der Waals surface area contributed by atoms with Crippen LogP contribution in [0.5, 0.6) is 0 Å². The lowest BCUT2D eigenvalue weighted by Gasteiger charge is -2.17. The first-order chi connectivity index (χ1) is 10.0. The highest BCUT2D eigenvalue weighted by atomic mass is 16.6. The van der Waals surface area contributed by atoms with E-state index in [0.29, 0.717) is 0 Å². The van der Waals surface area contributed by atoms with Gasteiger partial charge < -0.3 is 5.32 Å². The molecule has 1 unspecified atom stereocenters. The van der Waals surface area contributed by atoms with E-state index in [1.54, 1.807) is 0 Å². The Hall–Kier alpha value is -2.70. The van der Waals surface area contributed by atoms with Crippen LogP contribution in [-0.2, 0) is 0 Å². The molecule has 2 N–H and O–H groups in total. The van der Waals surface area contributed by atoms with Crippen LogP contribution < -0.4 is 10.9 Å². The van der Waals surface area contributed by atoms with E-state index in [1.165, 1.54) is 6.92 Å². The van der Waals surface area contributed by atoms with E-state index in [4.69, 9.17) is 0 Å². The second-order valence-corrected chi connectivity index (χ2v) is 4.62. The number of aryl methyl sites for hydroxylation is 1. The Labute approximate surface area is 121 Å². The summed E-state index contributed by atoms with van der Waals surface area (Å²) < 4.78 is 0. The lowest BCUT2D eigenvalue weighted by Crippen LogP contribution is -2.20. The molecule has 7 heteroatoms. The van der Waals surface area contributed by atoms with Gasteiger partial charge in [-0.25, -0.2) is 4.98 Å². The van der Waals surface area contributed by atoms with Gasteiger partial charge in [0.25, 0.3) is 0 Å². The fraction of sp³-hybridized carbons (Fsp3) is 0.286. The number of nitro groups is 1. The zero-order valence-electron chi connectivity index (χ0n) is 11.8. The average molecular weight is 288 g/mol. The summed E-state index contributed by atoms with van der Waals surface area (Å²) in [5.41, 5.74) is -0.126. The Bertz CT molecular complexity index is 697. The van der Waals surface area contributed by atoms with Gasteiger partial charge in [0, 0.05) is 0 Å². The van der Waals surface area contributed by atoms with E-state index < -0.39 is 16.2 Å². The summed E-state index contributed by atoms with van der Waals surface area (Å²) in [6, 6.07) is 9.69. The highest BCUT2D eigenvalue weighted by Gasteiger charge is 2.20. The largest absolute Gasteiger partial charge is 0.354 e. The van der Waals surface area contributed by atoms with Crippen molar-refractivity contribution in [3.63, 3.8) is 0 Å². The van der Waals surface area contributed by atoms with Crippen LogP contribution >= 0.6 is 0 Å². The summed E-state index contributed by atoms with van der Waals surface area (Å²) in [5, 5.41) is 13.9. The molecule has 0 fully saturated rings. The third-order valence-corrected chi connectivity index (χ3v) is 3.17. The van der Waals surface area contributed by atoms with E-state index in [1.807, 2.05) is 37.3 Å². The predicted molar refractivity (Wildman–Crippen MR) is 79.3 cm³/mol. The fourth-order valence-corrected chi connectivity index (χ4v) is 2.13. The maximum atomic E-state index is 11.7. The van der Waals surface area contributed by atoms with E-state index in [0.717, 1.165) is 12.0 Å². The zero-order chi connectivity index (χ0) is 15.4. The van der Waals surface area contributed by atoms with Gasteiger partial charge in [-0.3, -0.25) is 19.9 Å². The summed E-state index contributed by atoms with van der Waals surface area (Å²) >= 11 is 0. The maximum Gasteiger partial charge on any atom is 0.354 e. The molecule has 21 heavy (non-hydrogen) atoms. The van der Waals surface area contributed by atoms with Gasteiger partial charge in [-0.05, 0) is 18.9 Å². The molecule has 0 aliphatic rings. The zero-order valence-corrected chi connectivity index (χ0v) is 11.8. The number of hydrogen-bond acceptors (Lipinski definition) is 5. The maximum absolute atomic E-state index is 11.7. The first-order valence-corrected chi connectivity index (χ1v) is 6.59. The van der Waals surface area contributed by atoms with Gasteiger partial charge in [0.1, 0.15) is 5.69 Å². The number of nitrogens with one attached hydrogen (secondary N) is 2. The standard InChI is InChI=1S/C14H16N4O3/c1-3-11(10-7-5-4-6-8-10)16-14-15-9(2)12(18(20)21)13(19)17-14/h4-8,11H,3H2,1-2H3,(H2,15,16,17,19). The molecule has 0 spiro atoms. The van der Waals surface area contributed by atoms with Crippen LogP contribution in [0.15, 0.2) is 35.1 Å². The molecule has 0 saturated carbocycles. The number of rotatable bonds is 5. The minimum absolute atomic E-state index is 0.0322. The predicted octanol–water partition coefficient (Wildman–Crippen LogP) is 2.55. The highest BCUT2D eigenvalue weighted by Crippen LogP contribution is 2.20. The number of H-pyrrole nitrogens is 1. The lowest BCUT2D eigenvalue weighted by atomic mass is 10.1. The second kappa shape index (κ2) is 6.17. The monoisotopic (exact) mass is 288 g/mol. The van der Waals surface area contributed by atoms with Gasteiger partial charge in [-0.2, -0.15) is 0 Å². The van der Waals surface area contributed by atoms with Crippen LogP contribution in [0, 0.1) is 17.0 Å². The lowest BCUT2D eigenvalue weighted by molar-refractivity contribution is -0.387. The van der Waals surface area contributed by atoms with Crippen LogP contribution in [-0.4, -0.2) is 14.9 Å². The van der Waals surface area contributed by atoms with Gasteiger partial charge in [0.15, 0.2) is 0 Å². The Morgan fingerprint density at radius 1 is 1.38 bits per heavy atom. The topological polar surface area (TPSA) is 101 Å². The van der Waals surface area contributed by atoms with Crippen molar-refractivity contribution < 1.29 is 4.92 Å². The van der Waals surface area contributed by atoms with Crippen molar-refractivity contribution in [1.29, 1.82) is 0 Å². The third-order valence-electron chi connectivity index (χ3n) is 3.17. The molecule has 0 saturated heterocycles. The van der Waals surface area contributed by atoms with Crippen LogP contribution in [0.4, 0.5) is 11.6 Å². The van der Waals surface area contributed by atoms with Gasteiger partial charge in [-0.15, -0.1) is 0 Å². The second-order valence-electron chi connectivity index (χ2n) is 4.62. The molecule has 7 nitrogen and oxygen atoms in total. The molecule has 2 rings (SSSR count). The molecule has 0 aliphatic carbocycles. The number of nitrogens with zero attached hydrogens (tertiary/aromatic N) is 2. The summed E-state index contributed by atoms with van der Waals surface area (Å²) in [6.07, 6.45) is 0.782. The summed E-state index contributed by atoms with van der Waals surface area (Å²) in [4.78, 5) is 28.3. The normalized spacial score (nSPS) is 11.9. The number of hydrogen-bond donors (Lipinski definition) is 2. The Kier molecular flexibility index (Phi) is 4.32. The van der Waals surface area contributed by atoms with Crippen molar-refractivity contribution in [3.8, 4) is 0 Å².